The third kappa shape index (κ3) is 5.19. The van der Waals surface area contributed by atoms with E-state index in [-0.39, 0.29) is 11.8 Å². The minimum atomic E-state index is -0.102. The summed E-state index contributed by atoms with van der Waals surface area (Å²) >= 11 is 0. The number of aryl methyl sites for hydroxylation is 1. The Morgan fingerprint density at radius 3 is 2.20 bits per heavy atom. The molecule has 1 fully saturated rings. The van der Waals surface area contributed by atoms with Crippen molar-refractivity contribution in [2.24, 2.45) is 0 Å². The van der Waals surface area contributed by atoms with Gasteiger partial charge in [-0.05, 0) is 42.7 Å². The highest BCUT2D eigenvalue weighted by Crippen LogP contribution is 2.23. The summed E-state index contributed by atoms with van der Waals surface area (Å²) in [6.45, 7) is 2.08. The Morgan fingerprint density at radius 1 is 0.829 bits per heavy atom. The fourth-order valence-corrected chi connectivity index (χ4v) is 4.41. The van der Waals surface area contributed by atoms with Gasteiger partial charge in [-0.25, -0.2) is 4.68 Å². The molecule has 5 rings (SSSR count). The first-order chi connectivity index (χ1) is 17.2. The maximum atomic E-state index is 13.5. The zero-order chi connectivity index (χ0) is 24.0. The molecule has 2 aromatic heterocycles. The number of benzene rings is 2. The summed E-state index contributed by atoms with van der Waals surface area (Å²) in [5, 5.41) is 4.65. The standard InChI is InChI=1S/C28H28N4O3/c33-27(15-7-11-22-9-3-1-4-10-22)30-16-18-31(19-17-30)28(34)25-21-24(26-14-8-20-35-26)29-32(25)23-12-5-2-6-13-23/h1-6,8-10,12-14,20-21H,7,11,15-19H2. The second kappa shape index (κ2) is 10.4. The lowest BCUT2D eigenvalue weighted by molar-refractivity contribution is -0.132. The highest BCUT2D eigenvalue weighted by molar-refractivity contribution is 5.94. The molecule has 2 aromatic carbocycles. The molecule has 7 nitrogen and oxygen atoms in total. The van der Waals surface area contributed by atoms with Gasteiger partial charge < -0.3 is 14.2 Å². The van der Waals surface area contributed by atoms with E-state index >= 15 is 0 Å². The Morgan fingerprint density at radius 2 is 1.51 bits per heavy atom. The lowest BCUT2D eigenvalue weighted by atomic mass is 10.1. The van der Waals surface area contributed by atoms with Crippen molar-refractivity contribution in [1.82, 2.24) is 19.6 Å². The van der Waals surface area contributed by atoms with Crippen molar-refractivity contribution in [3.05, 3.63) is 96.4 Å². The number of hydrogen-bond acceptors (Lipinski definition) is 4. The molecule has 35 heavy (non-hydrogen) atoms. The molecule has 0 radical (unpaired) electrons. The molecule has 0 spiro atoms. The van der Waals surface area contributed by atoms with E-state index in [2.05, 4.69) is 17.2 Å². The Hall–Kier alpha value is -4.13. The van der Waals surface area contributed by atoms with E-state index in [0.29, 0.717) is 49.7 Å². The molecule has 178 valence electrons. The Bertz CT molecular complexity index is 1260. The largest absolute Gasteiger partial charge is 0.463 e. The molecule has 0 aliphatic carbocycles. The summed E-state index contributed by atoms with van der Waals surface area (Å²) in [4.78, 5) is 29.9. The quantitative estimate of drug-likeness (QED) is 0.402. The van der Waals surface area contributed by atoms with E-state index in [4.69, 9.17) is 4.42 Å². The minimum absolute atomic E-state index is 0.102. The topological polar surface area (TPSA) is 71.6 Å². The van der Waals surface area contributed by atoms with Crippen LogP contribution in [0.2, 0.25) is 0 Å². The van der Waals surface area contributed by atoms with E-state index in [9.17, 15) is 9.59 Å². The Balaban J connectivity index is 1.23. The smallest absolute Gasteiger partial charge is 0.272 e. The molecule has 0 unspecified atom stereocenters. The number of carbonyl (C=O) groups is 2. The Kier molecular flexibility index (Phi) is 6.75. The van der Waals surface area contributed by atoms with Crippen LogP contribution in [0.25, 0.3) is 17.1 Å². The van der Waals surface area contributed by atoms with E-state index in [1.807, 2.05) is 59.5 Å². The van der Waals surface area contributed by atoms with Crippen LogP contribution in [0.4, 0.5) is 0 Å². The van der Waals surface area contributed by atoms with Crippen molar-refractivity contribution in [2.75, 3.05) is 26.2 Å². The normalized spacial score (nSPS) is 13.7. The van der Waals surface area contributed by atoms with E-state index in [0.717, 1.165) is 18.5 Å². The maximum Gasteiger partial charge on any atom is 0.272 e. The van der Waals surface area contributed by atoms with Gasteiger partial charge in [0.15, 0.2) is 5.76 Å². The molecule has 3 heterocycles. The van der Waals surface area contributed by atoms with Crippen molar-refractivity contribution in [3.63, 3.8) is 0 Å². The van der Waals surface area contributed by atoms with Gasteiger partial charge in [-0.15, -0.1) is 0 Å². The number of para-hydroxylation sites is 1. The zero-order valence-electron chi connectivity index (χ0n) is 19.5. The molecular formula is C28H28N4O3. The predicted molar refractivity (Wildman–Crippen MR) is 133 cm³/mol. The Labute approximate surface area is 204 Å². The average molecular weight is 469 g/mol. The van der Waals surface area contributed by atoms with Crippen LogP contribution in [0.15, 0.2) is 89.5 Å². The molecule has 7 heteroatoms. The molecule has 1 aliphatic rings. The van der Waals surface area contributed by atoms with Gasteiger partial charge in [-0.3, -0.25) is 9.59 Å². The first-order valence-corrected chi connectivity index (χ1v) is 12.0. The molecule has 1 aliphatic heterocycles. The van der Waals surface area contributed by atoms with Crippen LogP contribution in [0, 0.1) is 0 Å². The monoisotopic (exact) mass is 468 g/mol. The van der Waals surface area contributed by atoms with Crippen LogP contribution in [0.5, 0.6) is 0 Å². The zero-order valence-corrected chi connectivity index (χ0v) is 19.5. The molecule has 1 saturated heterocycles. The number of aromatic nitrogens is 2. The fraction of sp³-hybridized carbons (Fsp3) is 0.250. The third-order valence-electron chi connectivity index (χ3n) is 6.32. The van der Waals surface area contributed by atoms with E-state index in [1.54, 1.807) is 28.0 Å². The van der Waals surface area contributed by atoms with Crippen LogP contribution in [0.3, 0.4) is 0 Å². The number of carbonyl (C=O) groups excluding carboxylic acids is 2. The molecule has 0 atom stereocenters. The van der Waals surface area contributed by atoms with Gasteiger partial charge in [0.1, 0.15) is 11.4 Å². The van der Waals surface area contributed by atoms with Gasteiger partial charge in [0, 0.05) is 38.7 Å². The van der Waals surface area contributed by atoms with Crippen LogP contribution in [-0.2, 0) is 11.2 Å². The molecule has 0 saturated carbocycles. The van der Waals surface area contributed by atoms with Gasteiger partial charge in [0.05, 0.1) is 12.0 Å². The first kappa shape index (κ1) is 22.7. The van der Waals surface area contributed by atoms with E-state index in [1.165, 1.54) is 5.56 Å². The van der Waals surface area contributed by atoms with Crippen LogP contribution < -0.4 is 0 Å². The highest BCUT2D eigenvalue weighted by Gasteiger charge is 2.28. The number of amides is 2. The summed E-state index contributed by atoms with van der Waals surface area (Å²) in [5.74, 6) is 0.664. The van der Waals surface area contributed by atoms with Gasteiger partial charge in [-0.2, -0.15) is 5.10 Å². The number of nitrogens with zero attached hydrogens (tertiary/aromatic N) is 4. The lowest BCUT2D eigenvalue weighted by Crippen LogP contribution is -2.50. The summed E-state index contributed by atoms with van der Waals surface area (Å²) in [6, 6.07) is 25.2. The number of furan rings is 1. The second-order valence-electron chi connectivity index (χ2n) is 8.65. The first-order valence-electron chi connectivity index (χ1n) is 12.0. The molecule has 2 amide bonds. The molecule has 0 bridgehead atoms. The molecular weight excluding hydrogens is 440 g/mol. The second-order valence-corrected chi connectivity index (χ2v) is 8.65. The van der Waals surface area contributed by atoms with Crippen LogP contribution in [-0.4, -0.2) is 57.6 Å². The number of rotatable bonds is 7. The van der Waals surface area contributed by atoms with Crippen molar-refractivity contribution in [1.29, 1.82) is 0 Å². The van der Waals surface area contributed by atoms with Crippen LogP contribution in [0.1, 0.15) is 28.9 Å². The number of piperazine rings is 1. The lowest BCUT2D eigenvalue weighted by Gasteiger charge is -2.34. The summed E-state index contributed by atoms with van der Waals surface area (Å²) in [5.41, 5.74) is 3.14. The van der Waals surface area contributed by atoms with Gasteiger partial charge in [0.2, 0.25) is 5.91 Å². The SMILES string of the molecule is O=C(CCCc1ccccc1)N1CCN(C(=O)c2cc(-c3ccco3)nn2-c2ccccc2)CC1. The van der Waals surface area contributed by atoms with Crippen molar-refractivity contribution < 1.29 is 14.0 Å². The maximum absolute atomic E-state index is 13.5. The summed E-state index contributed by atoms with van der Waals surface area (Å²) in [6.07, 6.45) is 3.84. The third-order valence-corrected chi connectivity index (χ3v) is 6.32. The number of hydrogen-bond donors (Lipinski definition) is 0. The van der Waals surface area contributed by atoms with Gasteiger partial charge in [-0.1, -0.05) is 48.5 Å². The van der Waals surface area contributed by atoms with Gasteiger partial charge in [0.25, 0.3) is 5.91 Å². The highest BCUT2D eigenvalue weighted by atomic mass is 16.3. The van der Waals surface area contributed by atoms with E-state index < -0.39 is 0 Å². The fourth-order valence-electron chi connectivity index (χ4n) is 4.41. The molecule has 4 aromatic rings. The average Bonchev–Trinajstić information content (AvgIpc) is 3.60. The van der Waals surface area contributed by atoms with Gasteiger partial charge >= 0.3 is 0 Å². The predicted octanol–water partition coefficient (Wildman–Crippen LogP) is 4.44. The summed E-state index contributed by atoms with van der Waals surface area (Å²) in [7, 11) is 0. The minimum Gasteiger partial charge on any atom is -0.463 e. The van der Waals surface area contributed by atoms with Crippen LogP contribution >= 0.6 is 0 Å². The van der Waals surface area contributed by atoms with Crippen molar-refractivity contribution in [3.8, 4) is 17.1 Å². The summed E-state index contributed by atoms with van der Waals surface area (Å²) < 4.78 is 7.17. The van der Waals surface area contributed by atoms with Crippen molar-refractivity contribution in [2.45, 2.75) is 19.3 Å². The molecule has 0 N–H and O–H groups in total. The van der Waals surface area contributed by atoms with Crippen molar-refractivity contribution >= 4 is 11.8 Å².